The molecule has 0 bridgehead atoms. The highest BCUT2D eigenvalue weighted by Gasteiger charge is 2.34. The lowest BCUT2D eigenvalue weighted by Crippen LogP contribution is -2.41. The molecule has 1 aliphatic carbocycles. The second kappa shape index (κ2) is 8.21. The normalized spacial score (nSPS) is 22.2. The minimum absolute atomic E-state index is 0.0286. The molecule has 0 radical (unpaired) electrons. The van der Waals surface area contributed by atoms with Gasteiger partial charge in [-0.3, -0.25) is 4.79 Å². The third-order valence-electron chi connectivity index (χ3n) is 5.19. The minimum Gasteiger partial charge on any atom is -0.478 e. The zero-order valence-corrected chi connectivity index (χ0v) is 14.7. The Morgan fingerprint density at radius 3 is 2.42 bits per heavy atom. The van der Waals surface area contributed by atoms with E-state index in [1.165, 1.54) is 12.1 Å². The van der Waals surface area contributed by atoms with Crippen molar-refractivity contribution in [3.63, 3.8) is 0 Å². The Kier molecular flexibility index (Phi) is 5.75. The lowest BCUT2D eigenvalue weighted by molar-refractivity contribution is -0.134. The van der Waals surface area contributed by atoms with Gasteiger partial charge in [0.05, 0.1) is 5.56 Å². The van der Waals surface area contributed by atoms with E-state index in [1.54, 1.807) is 12.1 Å². The predicted molar refractivity (Wildman–Crippen MR) is 95.7 cm³/mol. The Morgan fingerprint density at radius 1 is 1.08 bits per heavy atom. The number of carboxylic acid groups (broad SMARTS) is 1. The summed E-state index contributed by atoms with van der Waals surface area (Å²) in [7, 11) is 0. The van der Waals surface area contributed by atoms with Crippen molar-refractivity contribution in [2.24, 2.45) is 5.92 Å². The molecule has 3 amide bonds. The molecule has 2 fully saturated rings. The van der Waals surface area contributed by atoms with E-state index in [0.717, 1.165) is 44.3 Å². The number of amides is 3. The van der Waals surface area contributed by atoms with Crippen molar-refractivity contribution >= 4 is 17.9 Å². The maximum atomic E-state index is 12.4. The second-order valence-electron chi connectivity index (χ2n) is 7.07. The Balaban J connectivity index is 1.41. The topological polar surface area (TPSA) is 98.7 Å². The van der Waals surface area contributed by atoms with Gasteiger partial charge in [-0.1, -0.05) is 12.1 Å². The maximum Gasteiger partial charge on any atom is 0.335 e. The van der Waals surface area contributed by atoms with Crippen LogP contribution in [0.2, 0.25) is 0 Å². The van der Waals surface area contributed by atoms with Crippen LogP contribution in [0.4, 0.5) is 4.79 Å². The van der Waals surface area contributed by atoms with Crippen molar-refractivity contribution in [1.29, 1.82) is 0 Å². The highest BCUT2D eigenvalue weighted by atomic mass is 16.4. The summed E-state index contributed by atoms with van der Waals surface area (Å²) in [5.41, 5.74) is 1.05. The SMILES string of the molecule is O=C(NCc1ccc(C(=O)O)cc1)N[C@H]1CC[C@@H](C(=O)N2CCCC2)C1. The van der Waals surface area contributed by atoms with Gasteiger partial charge in [-0.15, -0.1) is 0 Å². The Morgan fingerprint density at radius 2 is 1.77 bits per heavy atom. The molecular weight excluding hydrogens is 334 g/mol. The van der Waals surface area contributed by atoms with Crippen molar-refractivity contribution < 1.29 is 19.5 Å². The first-order valence-electron chi connectivity index (χ1n) is 9.18. The van der Waals surface area contributed by atoms with Crippen LogP contribution < -0.4 is 10.6 Å². The first-order chi connectivity index (χ1) is 12.5. The summed E-state index contributed by atoms with van der Waals surface area (Å²) in [5.74, 6) is -0.700. The van der Waals surface area contributed by atoms with Crippen LogP contribution in [0, 0.1) is 5.92 Å². The smallest absolute Gasteiger partial charge is 0.335 e. The van der Waals surface area contributed by atoms with Crippen LogP contribution in [0.5, 0.6) is 0 Å². The molecule has 1 aromatic carbocycles. The molecule has 0 unspecified atom stereocenters. The van der Waals surface area contributed by atoms with Crippen molar-refractivity contribution in [3.05, 3.63) is 35.4 Å². The second-order valence-corrected chi connectivity index (χ2v) is 7.07. The molecule has 3 N–H and O–H groups in total. The Hall–Kier alpha value is -2.57. The van der Waals surface area contributed by atoms with Gasteiger partial charge in [0.15, 0.2) is 0 Å². The van der Waals surface area contributed by atoms with E-state index in [1.807, 2.05) is 4.90 Å². The summed E-state index contributed by atoms with van der Waals surface area (Å²) < 4.78 is 0. The fourth-order valence-corrected chi connectivity index (χ4v) is 3.72. The molecule has 2 aliphatic rings. The van der Waals surface area contributed by atoms with Crippen LogP contribution in [0.15, 0.2) is 24.3 Å². The first-order valence-corrected chi connectivity index (χ1v) is 9.18. The molecule has 26 heavy (non-hydrogen) atoms. The molecular formula is C19H25N3O4. The molecule has 1 aromatic rings. The van der Waals surface area contributed by atoms with Gasteiger partial charge in [-0.05, 0) is 49.8 Å². The van der Waals surface area contributed by atoms with Gasteiger partial charge in [0.1, 0.15) is 0 Å². The molecule has 7 nitrogen and oxygen atoms in total. The lowest BCUT2D eigenvalue weighted by Gasteiger charge is -2.20. The van der Waals surface area contributed by atoms with E-state index in [2.05, 4.69) is 10.6 Å². The molecule has 1 aliphatic heterocycles. The van der Waals surface area contributed by atoms with E-state index in [0.29, 0.717) is 13.0 Å². The molecule has 3 rings (SSSR count). The predicted octanol–water partition coefficient (Wildman–Crippen LogP) is 1.98. The first kappa shape index (κ1) is 18.2. The van der Waals surface area contributed by atoms with Crippen molar-refractivity contribution in [2.75, 3.05) is 13.1 Å². The van der Waals surface area contributed by atoms with E-state index >= 15 is 0 Å². The molecule has 1 heterocycles. The van der Waals surface area contributed by atoms with Gasteiger partial charge >= 0.3 is 12.0 Å². The number of hydrogen-bond acceptors (Lipinski definition) is 3. The fraction of sp³-hybridized carbons (Fsp3) is 0.526. The number of carbonyl (C=O) groups excluding carboxylic acids is 2. The minimum atomic E-state index is -0.971. The maximum absolute atomic E-state index is 12.4. The molecule has 7 heteroatoms. The van der Waals surface area contributed by atoms with Gasteiger partial charge in [-0.2, -0.15) is 0 Å². The average molecular weight is 359 g/mol. The molecule has 140 valence electrons. The van der Waals surface area contributed by atoms with E-state index in [-0.39, 0.29) is 29.5 Å². The van der Waals surface area contributed by atoms with Crippen molar-refractivity contribution in [3.8, 4) is 0 Å². The van der Waals surface area contributed by atoms with E-state index in [4.69, 9.17) is 5.11 Å². The molecule has 1 saturated carbocycles. The zero-order chi connectivity index (χ0) is 18.5. The Bertz CT molecular complexity index is 668. The number of carbonyl (C=O) groups is 3. The van der Waals surface area contributed by atoms with Crippen LogP contribution in [0.1, 0.15) is 48.0 Å². The quantitative estimate of drug-likeness (QED) is 0.748. The van der Waals surface area contributed by atoms with Crippen LogP contribution in [-0.4, -0.2) is 47.0 Å². The highest BCUT2D eigenvalue weighted by molar-refractivity contribution is 5.87. The number of likely N-dealkylation sites (tertiary alicyclic amines) is 1. The molecule has 1 saturated heterocycles. The van der Waals surface area contributed by atoms with Crippen molar-refractivity contribution in [2.45, 2.75) is 44.7 Å². The summed E-state index contributed by atoms with van der Waals surface area (Å²) in [4.78, 5) is 37.3. The number of aromatic carboxylic acids is 1. The van der Waals surface area contributed by atoms with Crippen molar-refractivity contribution in [1.82, 2.24) is 15.5 Å². The average Bonchev–Trinajstić information content (AvgIpc) is 3.32. The number of carboxylic acids is 1. The number of rotatable bonds is 5. The third-order valence-corrected chi connectivity index (χ3v) is 5.19. The number of nitrogens with zero attached hydrogens (tertiary/aromatic N) is 1. The number of nitrogens with one attached hydrogen (secondary N) is 2. The van der Waals surface area contributed by atoms with E-state index < -0.39 is 5.97 Å². The largest absolute Gasteiger partial charge is 0.478 e. The van der Waals surface area contributed by atoms with Gasteiger partial charge in [0.2, 0.25) is 5.91 Å². The fourth-order valence-electron chi connectivity index (χ4n) is 3.72. The van der Waals surface area contributed by atoms with Gasteiger partial charge < -0.3 is 20.6 Å². The van der Waals surface area contributed by atoms with Crippen LogP contribution in [-0.2, 0) is 11.3 Å². The molecule has 0 spiro atoms. The van der Waals surface area contributed by atoms with Crippen LogP contribution in [0.25, 0.3) is 0 Å². The van der Waals surface area contributed by atoms with Gasteiger partial charge in [0, 0.05) is 31.6 Å². The van der Waals surface area contributed by atoms with Gasteiger partial charge in [0.25, 0.3) is 0 Å². The number of benzene rings is 1. The summed E-state index contributed by atoms with van der Waals surface area (Å²) in [5, 5.41) is 14.6. The molecule has 0 aromatic heterocycles. The van der Waals surface area contributed by atoms with E-state index in [9.17, 15) is 14.4 Å². The Labute approximate surface area is 152 Å². The molecule has 2 atom stereocenters. The number of hydrogen-bond donors (Lipinski definition) is 3. The van der Waals surface area contributed by atoms with Gasteiger partial charge in [-0.25, -0.2) is 9.59 Å². The standard InChI is InChI=1S/C19H25N3O4/c23-17(22-9-1-2-10-22)15-7-8-16(11-15)21-19(26)20-12-13-3-5-14(6-4-13)18(24)25/h3-6,15-16H,1-2,7-12H2,(H,24,25)(H2,20,21,26)/t15-,16+/m1/s1. The summed E-state index contributed by atoms with van der Waals surface area (Å²) in [6.45, 7) is 2.07. The summed E-state index contributed by atoms with van der Waals surface area (Å²) in [6.07, 6.45) is 4.55. The monoisotopic (exact) mass is 359 g/mol. The summed E-state index contributed by atoms with van der Waals surface area (Å²) >= 11 is 0. The summed E-state index contributed by atoms with van der Waals surface area (Å²) in [6, 6.07) is 6.17. The van der Waals surface area contributed by atoms with Crippen LogP contribution in [0.3, 0.4) is 0 Å². The highest BCUT2D eigenvalue weighted by Crippen LogP contribution is 2.28. The number of urea groups is 1. The third kappa shape index (κ3) is 4.53. The lowest BCUT2D eigenvalue weighted by atomic mass is 10.1. The zero-order valence-electron chi connectivity index (χ0n) is 14.7. The van der Waals surface area contributed by atoms with Crippen LogP contribution >= 0.6 is 0 Å².